The van der Waals surface area contributed by atoms with E-state index in [9.17, 15) is 4.79 Å². The Labute approximate surface area is 90.6 Å². The lowest BCUT2D eigenvalue weighted by atomic mass is 10.1. The fourth-order valence-electron chi connectivity index (χ4n) is 1.64. The first-order valence-electron chi connectivity index (χ1n) is 5.58. The highest BCUT2D eigenvalue weighted by atomic mass is 16.5. The van der Waals surface area contributed by atoms with E-state index in [1.165, 1.54) is 0 Å². The Bertz CT molecular complexity index is 229. The zero-order valence-corrected chi connectivity index (χ0v) is 9.00. The van der Waals surface area contributed by atoms with Gasteiger partial charge in [-0.05, 0) is 25.7 Å². The fraction of sp³-hybridized carbons (Fsp3) is 0.818. The first kappa shape index (κ1) is 12.0. The van der Waals surface area contributed by atoms with Crippen molar-refractivity contribution in [3.63, 3.8) is 0 Å². The van der Waals surface area contributed by atoms with Gasteiger partial charge in [-0.3, -0.25) is 4.79 Å². The lowest BCUT2D eigenvalue weighted by Crippen LogP contribution is -2.30. The summed E-state index contributed by atoms with van der Waals surface area (Å²) in [6, 6.07) is 2.05. The predicted octanol–water partition coefficient (Wildman–Crippen LogP) is 1.37. The third kappa shape index (κ3) is 5.38. The molecule has 0 radical (unpaired) electrons. The van der Waals surface area contributed by atoms with Gasteiger partial charge in [-0.2, -0.15) is 5.26 Å². The third-order valence-electron chi connectivity index (χ3n) is 2.47. The molecule has 1 aliphatic heterocycles. The molecule has 0 spiro atoms. The van der Waals surface area contributed by atoms with Crippen LogP contribution in [0.15, 0.2) is 0 Å². The molecule has 1 fully saturated rings. The SMILES string of the molecule is N#CCCCNC(=O)CC1CCCCO1. The Morgan fingerprint density at radius 3 is 3.07 bits per heavy atom. The summed E-state index contributed by atoms with van der Waals surface area (Å²) in [5, 5.41) is 11.1. The number of nitrogens with zero attached hydrogens (tertiary/aromatic N) is 1. The normalized spacial score (nSPS) is 20.6. The van der Waals surface area contributed by atoms with Gasteiger partial charge in [-0.25, -0.2) is 0 Å². The number of hydrogen-bond acceptors (Lipinski definition) is 3. The minimum absolute atomic E-state index is 0.0415. The van der Waals surface area contributed by atoms with Gasteiger partial charge < -0.3 is 10.1 Å². The van der Waals surface area contributed by atoms with Gasteiger partial charge in [0.05, 0.1) is 18.6 Å². The molecule has 1 unspecified atom stereocenters. The Hall–Kier alpha value is -1.08. The smallest absolute Gasteiger partial charge is 0.222 e. The monoisotopic (exact) mass is 210 g/mol. The highest BCUT2D eigenvalue weighted by Gasteiger charge is 2.16. The lowest BCUT2D eigenvalue weighted by molar-refractivity contribution is -0.124. The van der Waals surface area contributed by atoms with E-state index in [0.29, 0.717) is 19.4 Å². The molecule has 0 aromatic carbocycles. The second kappa shape index (κ2) is 7.24. The number of amides is 1. The van der Waals surface area contributed by atoms with Crippen LogP contribution in [0.3, 0.4) is 0 Å². The van der Waals surface area contributed by atoms with Crippen LogP contribution >= 0.6 is 0 Å². The predicted molar refractivity (Wildman–Crippen MR) is 56.1 cm³/mol. The van der Waals surface area contributed by atoms with E-state index in [0.717, 1.165) is 32.3 Å². The molecule has 1 saturated heterocycles. The lowest BCUT2D eigenvalue weighted by Gasteiger charge is -2.21. The van der Waals surface area contributed by atoms with Crippen LogP contribution in [0.2, 0.25) is 0 Å². The van der Waals surface area contributed by atoms with E-state index in [1.54, 1.807) is 0 Å². The van der Waals surface area contributed by atoms with Crippen molar-refractivity contribution in [1.29, 1.82) is 5.26 Å². The van der Waals surface area contributed by atoms with E-state index in [2.05, 4.69) is 5.32 Å². The fourth-order valence-corrected chi connectivity index (χ4v) is 1.64. The minimum atomic E-state index is 0.0415. The summed E-state index contributed by atoms with van der Waals surface area (Å²) in [5.41, 5.74) is 0. The zero-order chi connectivity index (χ0) is 10.9. The molecule has 1 heterocycles. The van der Waals surface area contributed by atoms with E-state index in [-0.39, 0.29) is 12.0 Å². The second-order valence-corrected chi connectivity index (χ2v) is 3.80. The number of rotatable bonds is 5. The number of hydrogen-bond donors (Lipinski definition) is 1. The number of nitrogens with one attached hydrogen (secondary N) is 1. The van der Waals surface area contributed by atoms with E-state index >= 15 is 0 Å². The van der Waals surface area contributed by atoms with E-state index < -0.39 is 0 Å². The minimum Gasteiger partial charge on any atom is -0.378 e. The van der Waals surface area contributed by atoms with Crippen LogP contribution < -0.4 is 5.32 Å². The summed E-state index contributed by atoms with van der Waals surface area (Å²) < 4.78 is 5.46. The van der Waals surface area contributed by atoms with E-state index in [4.69, 9.17) is 10.00 Å². The third-order valence-corrected chi connectivity index (χ3v) is 2.47. The molecule has 4 nitrogen and oxygen atoms in total. The summed E-state index contributed by atoms with van der Waals surface area (Å²) in [6.45, 7) is 1.38. The molecule has 0 bridgehead atoms. The van der Waals surface area contributed by atoms with Crippen molar-refractivity contribution < 1.29 is 9.53 Å². The topological polar surface area (TPSA) is 62.1 Å². The van der Waals surface area contributed by atoms with E-state index in [1.807, 2.05) is 6.07 Å². The van der Waals surface area contributed by atoms with Crippen LogP contribution in [0.1, 0.15) is 38.5 Å². The first-order chi connectivity index (χ1) is 7.33. The highest BCUT2D eigenvalue weighted by molar-refractivity contribution is 5.76. The van der Waals surface area contributed by atoms with Gasteiger partial charge in [0, 0.05) is 19.6 Å². The Balaban J connectivity index is 2.04. The highest BCUT2D eigenvalue weighted by Crippen LogP contribution is 2.15. The van der Waals surface area contributed by atoms with Crippen molar-refractivity contribution in [2.45, 2.75) is 44.6 Å². The molecule has 15 heavy (non-hydrogen) atoms. The first-order valence-corrected chi connectivity index (χ1v) is 5.58. The van der Waals surface area contributed by atoms with Gasteiger partial charge in [0.1, 0.15) is 0 Å². The molecule has 1 aliphatic rings. The maximum atomic E-state index is 11.4. The zero-order valence-electron chi connectivity index (χ0n) is 9.00. The molecule has 4 heteroatoms. The quantitative estimate of drug-likeness (QED) is 0.697. The standard InChI is InChI=1S/C11H18N2O2/c12-6-2-3-7-13-11(14)9-10-5-1-4-8-15-10/h10H,1-5,7-9H2,(H,13,14). The molecule has 1 atom stereocenters. The van der Waals surface area contributed by atoms with Crippen molar-refractivity contribution in [1.82, 2.24) is 5.32 Å². The second-order valence-electron chi connectivity index (χ2n) is 3.80. The molecular weight excluding hydrogens is 192 g/mol. The maximum absolute atomic E-state index is 11.4. The number of nitriles is 1. The molecule has 84 valence electrons. The van der Waals surface area contributed by atoms with Gasteiger partial charge in [0.2, 0.25) is 5.91 Å². The number of carbonyl (C=O) groups is 1. The molecule has 1 amide bonds. The Morgan fingerprint density at radius 2 is 2.40 bits per heavy atom. The number of ether oxygens (including phenoxy) is 1. The van der Waals surface area contributed by atoms with Gasteiger partial charge >= 0.3 is 0 Å². The molecular formula is C11H18N2O2. The van der Waals surface area contributed by atoms with Gasteiger partial charge in [0.25, 0.3) is 0 Å². The summed E-state index contributed by atoms with van der Waals surface area (Å²) in [7, 11) is 0. The molecule has 0 aliphatic carbocycles. The Kier molecular flexibility index (Phi) is 5.79. The number of unbranched alkanes of at least 4 members (excludes halogenated alkanes) is 1. The van der Waals surface area contributed by atoms with Crippen LogP contribution in [0.4, 0.5) is 0 Å². The van der Waals surface area contributed by atoms with Crippen molar-refractivity contribution in [3.05, 3.63) is 0 Å². The summed E-state index contributed by atoms with van der Waals surface area (Å²) in [6.07, 6.45) is 5.06. The average Bonchev–Trinajstić information content (AvgIpc) is 2.26. The molecule has 0 saturated carbocycles. The van der Waals surface area contributed by atoms with Crippen molar-refractivity contribution in [2.75, 3.05) is 13.2 Å². The van der Waals surface area contributed by atoms with Crippen LogP contribution in [0.5, 0.6) is 0 Å². The van der Waals surface area contributed by atoms with Crippen LogP contribution in [-0.4, -0.2) is 25.2 Å². The Morgan fingerprint density at radius 1 is 1.53 bits per heavy atom. The number of carbonyl (C=O) groups excluding carboxylic acids is 1. The summed E-state index contributed by atoms with van der Waals surface area (Å²) in [4.78, 5) is 11.4. The maximum Gasteiger partial charge on any atom is 0.222 e. The molecule has 0 aromatic heterocycles. The van der Waals surface area contributed by atoms with Crippen LogP contribution in [0, 0.1) is 11.3 Å². The summed E-state index contributed by atoms with van der Waals surface area (Å²) >= 11 is 0. The molecule has 1 N–H and O–H groups in total. The van der Waals surface area contributed by atoms with Crippen LogP contribution in [0.25, 0.3) is 0 Å². The van der Waals surface area contributed by atoms with Gasteiger partial charge in [0.15, 0.2) is 0 Å². The molecule has 1 rings (SSSR count). The van der Waals surface area contributed by atoms with Crippen LogP contribution in [-0.2, 0) is 9.53 Å². The van der Waals surface area contributed by atoms with Crippen molar-refractivity contribution >= 4 is 5.91 Å². The largest absolute Gasteiger partial charge is 0.378 e. The van der Waals surface area contributed by atoms with Gasteiger partial charge in [-0.1, -0.05) is 0 Å². The molecule has 0 aromatic rings. The van der Waals surface area contributed by atoms with Gasteiger partial charge in [-0.15, -0.1) is 0 Å². The summed E-state index contributed by atoms with van der Waals surface area (Å²) in [5.74, 6) is 0.0415. The van der Waals surface area contributed by atoms with Crippen molar-refractivity contribution in [2.24, 2.45) is 0 Å². The average molecular weight is 210 g/mol. The van der Waals surface area contributed by atoms with Crippen molar-refractivity contribution in [3.8, 4) is 6.07 Å².